The van der Waals surface area contributed by atoms with Crippen molar-refractivity contribution in [1.29, 1.82) is 0 Å². The molecule has 0 spiro atoms. The first-order valence-corrected chi connectivity index (χ1v) is 4.36. The van der Waals surface area contributed by atoms with Crippen molar-refractivity contribution < 1.29 is 4.74 Å². The molecule has 0 aliphatic rings. The third-order valence-electron chi connectivity index (χ3n) is 1.61. The van der Waals surface area contributed by atoms with Gasteiger partial charge in [-0.25, -0.2) is 9.97 Å². The fourth-order valence-electron chi connectivity index (χ4n) is 0.946. The Morgan fingerprint density at radius 1 is 1.38 bits per heavy atom. The molecule has 1 N–H and O–H groups in total. The van der Waals surface area contributed by atoms with E-state index in [4.69, 9.17) is 4.74 Å². The molecule has 0 saturated heterocycles. The van der Waals surface area contributed by atoms with Gasteiger partial charge in [-0.05, 0) is 6.54 Å². The minimum absolute atomic E-state index is 0.474. The number of methoxy groups -OCH3 is 1. The normalized spacial score (nSPS) is 10.3. The molecule has 0 amide bonds. The summed E-state index contributed by atoms with van der Waals surface area (Å²) in [5.74, 6) is 0.725. The van der Waals surface area contributed by atoms with Crippen molar-refractivity contribution >= 4 is 0 Å². The van der Waals surface area contributed by atoms with Crippen LogP contribution in [0.1, 0.15) is 18.3 Å². The summed E-state index contributed by atoms with van der Waals surface area (Å²) in [6, 6.07) is 0. The van der Waals surface area contributed by atoms with E-state index in [0.29, 0.717) is 6.61 Å². The minimum Gasteiger partial charge on any atom is -0.377 e. The quantitative estimate of drug-likeness (QED) is 0.727. The summed E-state index contributed by atoms with van der Waals surface area (Å²) in [6.07, 6.45) is 3.65. The second-order valence-corrected chi connectivity index (χ2v) is 2.72. The van der Waals surface area contributed by atoms with Gasteiger partial charge in [-0.1, -0.05) is 6.92 Å². The molecule has 0 unspecified atom stereocenters. The summed E-state index contributed by atoms with van der Waals surface area (Å²) in [5, 5.41) is 3.20. The van der Waals surface area contributed by atoms with Gasteiger partial charge in [0.1, 0.15) is 6.61 Å². The molecule has 0 atom stereocenters. The number of aromatic nitrogens is 2. The predicted octanol–water partition coefficient (Wildman–Crippen LogP) is 0.732. The molecule has 0 aliphatic carbocycles. The zero-order valence-corrected chi connectivity index (χ0v) is 8.08. The zero-order chi connectivity index (χ0) is 9.52. The Labute approximate surface area is 78.4 Å². The average molecular weight is 181 g/mol. The minimum atomic E-state index is 0.474. The molecule has 4 nitrogen and oxygen atoms in total. The number of ether oxygens (including phenoxy) is 1. The van der Waals surface area contributed by atoms with Crippen LogP contribution in [-0.2, 0) is 17.9 Å². The molecule has 1 rings (SSSR count). The first kappa shape index (κ1) is 10.1. The van der Waals surface area contributed by atoms with Crippen LogP contribution in [0.5, 0.6) is 0 Å². The lowest BCUT2D eigenvalue weighted by Crippen LogP contribution is -2.12. The molecule has 0 radical (unpaired) electrons. The average Bonchev–Trinajstić information content (AvgIpc) is 2.17. The van der Waals surface area contributed by atoms with Crippen LogP contribution < -0.4 is 5.32 Å². The Balaban J connectivity index is 2.48. The van der Waals surface area contributed by atoms with Crippen LogP contribution in [0.25, 0.3) is 0 Å². The largest absolute Gasteiger partial charge is 0.377 e. The monoisotopic (exact) mass is 181 g/mol. The van der Waals surface area contributed by atoms with Crippen molar-refractivity contribution in [3.05, 3.63) is 23.8 Å². The fraction of sp³-hybridized carbons (Fsp3) is 0.556. The second kappa shape index (κ2) is 5.61. The van der Waals surface area contributed by atoms with E-state index in [2.05, 4.69) is 22.2 Å². The maximum Gasteiger partial charge on any atom is 0.153 e. The van der Waals surface area contributed by atoms with E-state index in [-0.39, 0.29) is 0 Å². The van der Waals surface area contributed by atoms with E-state index in [1.165, 1.54) is 0 Å². The number of rotatable bonds is 5. The zero-order valence-electron chi connectivity index (χ0n) is 8.08. The molecule has 0 bridgehead atoms. The van der Waals surface area contributed by atoms with Gasteiger partial charge < -0.3 is 10.1 Å². The first-order chi connectivity index (χ1) is 6.36. The van der Waals surface area contributed by atoms with Crippen LogP contribution in [0, 0.1) is 0 Å². The van der Waals surface area contributed by atoms with Gasteiger partial charge in [-0.15, -0.1) is 0 Å². The Hall–Kier alpha value is -1.00. The van der Waals surface area contributed by atoms with Crippen LogP contribution in [-0.4, -0.2) is 23.6 Å². The topological polar surface area (TPSA) is 47.0 Å². The van der Waals surface area contributed by atoms with Gasteiger partial charge in [0.15, 0.2) is 5.82 Å². The number of nitrogens with one attached hydrogen (secondary N) is 1. The molecule has 0 saturated carbocycles. The molecule has 1 heterocycles. The molecule has 0 fully saturated rings. The van der Waals surface area contributed by atoms with Crippen LogP contribution in [0.15, 0.2) is 12.4 Å². The Kier molecular flexibility index (Phi) is 4.35. The van der Waals surface area contributed by atoms with Crippen LogP contribution in [0.2, 0.25) is 0 Å². The summed E-state index contributed by atoms with van der Waals surface area (Å²) in [6.45, 7) is 4.32. The van der Waals surface area contributed by atoms with E-state index >= 15 is 0 Å². The predicted molar refractivity (Wildman–Crippen MR) is 50.1 cm³/mol. The third kappa shape index (κ3) is 3.48. The summed E-state index contributed by atoms with van der Waals surface area (Å²) < 4.78 is 4.91. The van der Waals surface area contributed by atoms with Gasteiger partial charge in [-0.3, -0.25) is 0 Å². The van der Waals surface area contributed by atoms with Gasteiger partial charge in [0.25, 0.3) is 0 Å². The highest BCUT2D eigenvalue weighted by molar-refractivity contribution is 5.04. The maximum absolute atomic E-state index is 4.91. The fourth-order valence-corrected chi connectivity index (χ4v) is 0.946. The highest BCUT2D eigenvalue weighted by atomic mass is 16.5. The summed E-state index contributed by atoms with van der Waals surface area (Å²) >= 11 is 0. The van der Waals surface area contributed by atoms with Crippen molar-refractivity contribution in [1.82, 2.24) is 15.3 Å². The molecule has 1 aromatic rings. The van der Waals surface area contributed by atoms with Gasteiger partial charge in [0, 0.05) is 31.6 Å². The van der Waals surface area contributed by atoms with Crippen molar-refractivity contribution in [2.24, 2.45) is 0 Å². The molecule has 4 heteroatoms. The first-order valence-electron chi connectivity index (χ1n) is 4.36. The maximum atomic E-state index is 4.91. The van der Waals surface area contributed by atoms with Crippen LogP contribution >= 0.6 is 0 Å². The van der Waals surface area contributed by atoms with Gasteiger partial charge in [-0.2, -0.15) is 0 Å². The molecule has 72 valence electrons. The molecular formula is C9H15N3O. The third-order valence-corrected chi connectivity index (χ3v) is 1.61. The van der Waals surface area contributed by atoms with E-state index < -0.39 is 0 Å². The summed E-state index contributed by atoms with van der Waals surface area (Å²) in [5.41, 5.74) is 1.10. The Bertz CT molecular complexity index is 235. The molecular weight excluding hydrogens is 166 g/mol. The standard InChI is InChI=1S/C9H15N3O/c1-3-10-4-8-5-11-9(7-13-2)12-6-8/h5-6,10H,3-4,7H2,1-2H3. The molecule has 13 heavy (non-hydrogen) atoms. The van der Waals surface area contributed by atoms with Crippen molar-refractivity contribution in [2.45, 2.75) is 20.1 Å². The number of nitrogens with zero attached hydrogens (tertiary/aromatic N) is 2. The highest BCUT2D eigenvalue weighted by Crippen LogP contribution is 1.96. The Morgan fingerprint density at radius 2 is 2.08 bits per heavy atom. The van der Waals surface area contributed by atoms with Crippen molar-refractivity contribution in [3.8, 4) is 0 Å². The molecule has 0 aromatic carbocycles. The van der Waals surface area contributed by atoms with Crippen LogP contribution in [0.3, 0.4) is 0 Å². The lowest BCUT2D eigenvalue weighted by Gasteiger charge is -2.02. The van der Waals surface area contributed by atoms with Crippen molar-refractivity contribution in [3.63, 3.8) is 0 Å². The van der Waals surface area contributed by atoms with E-state index in [1.807, 2.05) is 12.4 Å². The molecule has 0 aliphatic heterocycles. The van der Waals surface area contributed by atoms with Gasteiger partial charge in [0.05, 0.1) is 0 Å². The van der Waals surface area contributed by atoms with Crippen LogP contribution in [0.4, 0.5) is 0 Å². The smallest absolute Gasteiger partial charge is 0.153 e. The van der Waals surface area contributed by atoms with Crippen molar-refractivity contribution in [2.75, 3.05) is 13.7 Å². The number of hydrogen-bond acceptors (Lipinski definition) is 4. The van der Waals surface area contributed by atoms with E-state index in [0.717, 1.165) is 24.5 Å². The lowest BCUT2D eigenvalue weighted by atomic mass is 10.3. The number of hydrogen-bond donors (Lipinski definition) is 1. The highest BCUT2D eigenvalue weighted by Gasteiger charge is 1.95. The summed E-state index contributed by atoms with van der Waals surface area (Å²) in [4.78, 5) is 8.29. The Morgan fingerprint density at radius 3 is 2.62 bits per heavy atom. The summed E-state index contributed by atoms with van der Waals surface area (Å²) in [7, 11) is 1.63. The second-order valence-electron chi connectivity index (χ2n) is 2.72. The van der Waals surface area contributed by atoms with E-state index in [1.54, 1.807) is 7.11 Å². The van der Waals surface area contributed by atoms with Gasteiger partial charge >= 0.3 is 0 Å². The SMILES string of the molecule is CCNCc1cnc(COC)nc1. The van der Waals surface area contributed by atoms with E-state index in [9.17, 15) is 0 Å². The lowest BCUT2D eigenvalue weighted by molar-refractivity contribution is 0.177. The van der Waals surface area contributed by atoms with Gasteiger partial charge in [0.2, 0.25) is 0 Å². The molecule has 1 aromatic heterocycles.